The summed E-state index contributed by atoms with van der Waals surface area (Å²) in [5.41, 5.74) is -1.31. The van der Waals surface area contributed by atoms with Gasteiger partial charge in [-0.1, -0.05) is 0 Å². The molecule has 1 aromatic rings. The van der Waals surface area contributed by atoms with Gasteiger partial charge in [0.1, 0.15) is 5.75 Å². The van der Waals surface area contributed by atoms with Crippen LogP contribution in [0.5, 0.6) is 5.75 Å². The van der Waals surface area contributed by atoms with Crippen molar-refractivity contribution in [1.82, 2.24) is 0 Å². The molecular formula is C14H13F3NO. The SMILES string of the molecule is N#Cc1ccc(OC2CC[CH]CC2)cc1C(F)(F)F. The third-order valence-corrected chi connectivity index (χ3v) is 3.11. The Balaban J connectivity index is 2.20. The van der Waals surface area contributed by atoms with Gasteiger partial charge in [0.25, 0.3) is 0 Å². The molecule has 2 rings (SSSR count). The predicted molar refractivity (Wildman–Crippen MR) is 63.3 cm³/mol. The van der Waals surface area contributed by atoms with Crippen molar-refractivity contribution in [3.8, 4) is 11.8 Å². The lowest BCUT2D eigenvalue weighted by atomic mass is 9.97. The Morgan fingerprint density at radius 1 is 1.21 bits per heavy atom. The molecule has 0 atom stereocenters. The van der Waals surface area contributed by atoms with Gasteiger partial charge >= 0.3 is 6.18 Å². The second-order valence-electron chi connectivity index (χ2n) is 4.50. The van der Waals surface area contributed by atoms with Crippen molar-refractivity contribution in [2.24, 2.45) is 0 Å². The molecule has 0 bridgehead atoms. The third-order valence-electron chi connectivity index (χ3n) is 3.11. The zero-order valence-electron chi connectivity index (χ0n) is 10.2. The highest BCUT2D eigenvalue weighted by atomic mass is 19.4. The Bertz CT molecular complexity index is 484. The Morgan fingerprint density at radius 2 is 1.89 bits per heavy atom. The number of benzene rings is 1. The van der Waals surface area contributed by atoms with E-state index in [2.05, 4.69) is 6.42 Å². The minimum atomic E-state index is -4.54. The smallest absolute Gasteiger partial charge is 0.417 e. The average molecular weight is 268 g/mol. The van der Waals surface area contributed by atoms with Crippen molar-refractivity contribution < 1.29 is 17.9 Å². The largest absolute Gasteiger partial charge is 0.490 e. The number of nitriles is 1. The second kappa shape index (κ2) is 5.52. The van der Waals surface area contributed by atoms with Crippen LogP contribution in [-0.4, -0.2) is 6.10 Å². The van der Waals surface area contributed by atoms with Gasteiger partial charge in [-0.3, -0.25) is 0 Å². The Hall–Kier alpha value is -1.70. The molecule has 0 N–H and O–H groups in total. The van der Waals surface area contributed by atoms with Gasteiger partial charge < -0.3 is 4.74 Å². The van der Waals surface area contributed by atoms with Gasteiger partial charge in [-0.15, -0.1) is 0 Å². The number of hydrogen-bond donors (Lipinski definition) is 0. The van der Waals surface area contributed by atoms with E-state index in [9.17, 15) is 13.2 Å². The predicted octanol–water partition coefficient (Wildman–Crippen LogP) is 4.10. The summed E-state index contributed by atoms with van der Waals surface area (Å²) in [5.74, 6) is 0.179. The van der Waals surface area contributed by atoms with E-state index in [4.69, 9.17) is 10.00 Å². The zero-order valence-corrected chi connectivity index (χ0v) is 10.2. The number of hydrogen-bond acceptors (Lipinski definition) is 2. The molecule has 1 aliphatic carbocycles. The van der Waals surface area contributed by atoms with Crippen molar-refractivity contribution in [2.45, 2.75) is 38.0 Å². The second-order valence-corrected chi connectivity index (χ2v) is 4.50. The Kier molecular flexibility index (Phi) is 3.98. The summed E-state index contributed by atoms with van der Waals surface area (Å²) in [4.78, 5) is 0. The quantitative estimate of drug-likeness (QED) is 0.808. The lowest BCUT2D eigenvalue weighted by Crippen LogP contribution is -2.20. The number of nitrogens with zero attached hydrogens (tertiary/aromatic N) is 1. The van der Waals surface area contributed by atoms with E-state index in [-0.39, 0.29) is 17.4 Å². The fraction of sp³-hybridized carbons (Fsp3) is 0.429. The van der Waals surface area contributed by atoms with Crippen molar-refractivity contribution in [3.63, 3.8) is 0 Å². The molecule has 5 heteroatoms. The fourth-order valence-electron chi connectivity index (χ4n) is 2.14. The van der Waals surface area contributed by atoms with Crippen LogP contribution in [0.15, 0.2) is 18.2 Å². The molecule has 0 aromatic heterocycles. The molecule has 0 saturated heterocycles. The fourth-order valence-corrected chi connectivity index (χ4v) is 2.14. The van der Waals surface area contributed by atoms with Crippen molar-refractivity contribution in [2.75, 3.05) is 0 Å². The summed E-state index contributed by atoms with van der Waals surface area (Å²) in [7, 11) is 0. The first kappa shape index (κ1) is 13.7. The lowest BCUT2D eigenvalue weighted by Gasteiger charge is -2.23. The number of rotatable bonds is 2. The molecule has 0 heterocycles. The van der Waals surface area contributed by atoms with Crippen molar-refractivity contribution in [1.29, 1.82) is 5.26 Å². The van der Waals surface area contributed by atoms with Gasteiger partial charge in [0.15, 0.2) is 0 Å². The summed E-state index contributed by atoms with van der Waals surface area (Å²) >= 11 is 0. The first-order valence-electron chi connectivity index (χ1n) is 6.10. The number of halogens is 3. The minimum Gasteiger partial charge on any atom is -0.490 e. The summed E-state index contributed by atoms with van der Waals surface area (Å²) < 4.78 is 43.9. The van der Waals surface area contributed by atoms with Crippen LogP contribution < -0.4 is 4.74 Å². The maximum atomic E-state index is 12.8. The van der Waals surface area contributed by atoms with Crippen LogP contribution in [-0.2, 0) is 6.18 Å². The first-order chi connectivity index (χ1) is 9.00. The topological polar surface area (TPSA) is 33.0 Å². The molecule has 101 valence electrons. The number of ether oxygens (including phenoxy) is 1. The molecule has 1 saturated carbocycles. The van der Waals surface area contributed by atoms with Gasteiger partial charge in [-0.05, 0) is 50.3 Å². The highest BCUT2D eigenvalue weighted by Gasteiger charge is 2.34. The molecule has 0 unspecified atom stereocenters. The Labute approximate surface area is 109 Å². The van der Waals surface area contributed by atoms with E-state index in [0.29, 0.717) is 0 Å². The highest BCUT2D eigenvalue weighted by Crippen LogP contribution is 2.35. The first-order valence-corrected chi connectivity index (χ1v) is 6.10. The summed E-state index contributed by atoms with van der Waals surface area (Å²) in [6, 6.07) is 5.05. The molecule has 1 fully saturated rings. The van der Waals surface area contributed by atoms with E-state index in [1.165, 1.54) is 6.07 Å². The van der Waals surface area contributed by atoms with Crippen LogP contribution in [0, 0.1) is 17.8 Å². The molecule has 1 aromatic carbocycles. The van der Waals surface area contributed by atoms with E-state index >= 15 is 0 Å². The Morgan fingerprint density at radius 3 is 2.47 bits per heavy atom. The summed E-state index contributed by atoms with van der Waals surface area (Å²) in [6.45, 7) is 0. The zero-order chi connectivity index (χ0) is 13.9. The molecule has 0 spiro atoms. The standard InChI is InChI=1S/C14H13F3NO/c15-14(16,17)13-8-12(7-6-10(13)9-18)19-11-4-2-1-3-5-11/h1,6-8,11H,2-5H2. The molecule has 0 aliphatic heterocycles. The molecule has 19 heavy (non-hydrogen) atoms. The van der Waals surface area contributed by atoms with Crippen LogP contribution in [0.1, 0.15) is 36.8 Å². The van der Waals surface area contributed by atoms with E-state index < -0.39 is 11.7 Å². The normalized spacial score (nSPS) is 16.9. The maximum Gasteiger partial charge on any atom is 0.417 e. The van der Waals surface area contributed by atoms with E-state index in [1.807, 2.05) is 0 Å². The van der Waals surface area contributed by atoms with Crippen molar-refractivity contribution in [3.05, 3.63) is 35.7 Å². The van der Waals surface area contributed by atoms with Crippen LogP contribution in [0.25, 0.3) is 0 Å². The molecule has 1 radical (unpaired) electrons. The number of alkyl halides is 3. The van der Waals surface area contributed by atoms with Gasteiger partial charge in [-0.25, -0.2) is 0 Å². The third kappa shape index (κ3) is 3.40. The summed E-state index contributed by atoms with van der Waals surface area (Å²) in [6.07, 6.45) is 1.06. The van der Waals surface area contributed by atoms with Crippen LogP contribution in [0.4, 0.5) is 13.2 Å². The molecule has 0 amide bonds. The van der Waals surface area contributed by atoms with Crippen LogP contribution in [0.2, 0.25) is 0 Å². The van der Waals surface area contributed by atoms with Gasteiger partial charge in [0, 0.05) is 0 Å². The molecular weight excluding hydrogens is 255 g/mol. The highest BCUT2D eigenvalue weighted by molar-refractivity contribution is 5.44. The minimum absolute atomic E-state index is 0.0426. The van der Waals surface area contributed by atoms with E-state index in [1.54, 1.807) is 6.07 Å². The average Bonchev–Trinajstić information content (AvgIpc) is 2.39. The lowest BCUT2D eigenvalue weighted by molar-refractivity contribution is -0.137. The van der Waals surface area contributed by atoms with Crippen molar-refractivity contribution >= 4 is 0 Å². The summed E-state index contributed by atoms with van der Waals surface area (Å²) in [5, 5.41) is 8.70. The van der Waals surface area contributed by atoms with Gasteiger partial charge in [0.2, 0.25) is 0 Å². The van der Waals surface area contributed by atoms with Crippen LogP contribution >= 0.6 is 0 Å². The molecule has 1 aliphatic rings. The molecule has 2 nitrogen and oxygen atoms in total. The maximum absolute atomic E-state index is 12.8. The van der Waals surface area contributed by atoms with Gasteiger partial charge in [-0.2, -0.15) is 18.4 Å². The van der Waals surface area contributed by atoms with Crippen LogP contribution in [0.3, 0.4) is 0 Å². The monoisotopic (exact) mass is 268 g/mol. The van der Waals surface area contributed by atoms with E-state index in [0.717, 1.165) is 37.8 Å². The van der Waals surface area contributed by atoms with Gasteiger partial charge in [0.05, 0.1) is 23.3 Å².